The van der Waals surface area contributed by atoms with Gasteiger partial charge in [-0.1, -0.05) is 11.6 Å². The molecule has 0 aromatic carbocycles. The maximum absolute atomic E-state index is 11.5. The lowest BCUT2D eigenvalue weighted by molar-refractivity contribution is -0.139. The fraction of sp³-hybridized carbons (Fsp3) is 0.500. The van der Waals surface area contributed by atoms with Crippen LogP contribution in [0.15, 0.2) is 23.3 Å². The van der Waals surface area contributed by atoms with Crippen molar-refractivity contribution in [3.63, 3.8) is 0 Å². The molecule has 0 amide bonds. The minimum absolute atomic E-state index is 0.0587. The smallest absolute Gasteiger partial charge is 0.302 e. The third-order valence-electron chi connectivity index (χ3n) is 1.81. The summed E-state index contributed by atoms with van der Waals surface area (Å²) in [6, 6.07) is 0. The van der Waals surface area contributed by atoms with Gasteiger partial charge in [0, 0.05) is 13.3 Å². The molecular weight excluding hydrogens is 192 g/mol. The van der Waals surface area contributed by atoms with Gasteiger partial charge in [0.05, 0.1) is 0 Å². The summed E-state index contributed by atoms with van der Waals surface area (Å²) in [4.78, 5) is 21.9. The normalized spacial score (nSPS) is 10.8. The van der Waals surface area contributed by atoms with Crippen LogP contribution in [0.3, 0.4) is 0 Å². The van der Waals surface area contributed by atoms with E-state index in [0.717, 1.165) is 5.57 Å². The number of hydrogen-bond donors (Lipinski definition) is 0. The highest BCUT2D eigenvalue weighted by atomic mass is 16.5. The average Bonchev–Trinajstić information content (AvgIpc) is 2.13. The molecule has 0 radical (unpaired) electrons. The van der Waals surface area contributed by atoms with E-state index in [1.54, 1.807) is 13.0 Å². The van der Waals surface area contributed by atoms with Gasteiger partial charge in [0.25, 0.3) is 0 Å². The molecule has 0 aliphatic rings. The summed E-state index contributed by atoms with van der Waals surface area (Å²) in [5, 5.41) is 0. The Balaban J connectivity index is 4.08. The number of ether oxygens (including phenoxy) is 1. The van der Waals surface area contributed by atoms with Gasteiger partial charge in [-0.25, -0.2) is 0 Å². The Labute approximate surface area is 90.8 Å². The summed E-state index contributed by atoms with van der Waals surface area (Å²) in [6.07, 6.45) is 3.92. The molecule has 15 heavy (non-hydrogen) atoms. The van der Waals surface area contributed by atoms with Crippen molar-refractivity contribution in [1.29, 1.82) is 0 Å². The van der Waals surface area contributed by atoms with Crippen molar-refractivity contribution in [2.45, 2.75) is 34.1 Å². The number of carbonyl (C=O) groups excluding carboxylic acids is 2. The van der Waals surface area contributed by atoms with Crippen molar-refractivity contribution in [3.8, 4) is 0 Å². The number of hydrogen-bond acceptors (Lipinski definition) is 3. The van der Waals surface area contributed by atoms with E-state index in [4.69, 9.17) is 4.74 Å². The average molecular weight is 210 g/mol. The number of esters is 1. The molecule has 0 N–H and O–H groups in total. The largest absolute Gasteiger partial charge is 0.462 e. The van der Waals surface area contributed by atoms with Crippen LogP contribution in [0, 0.1) is 0 Å². The van der Waals surface area contributed by atoms with Crippen molar-refractivity contribution in [3.05, 3.63) is 23.3 Å². The zero-order valence-corrected chi connectivity index (χ0v) is 9.79. The first-order valence-corrected chi connectivity index (χ1v) is 4.90. The first-order chi connectivity index (χ1) is 6.93. The second-order valence-electron chi connectivity index (χ2n) is 3.60. The monoisotopic (exact) mass is 210 g/mol. The number of allylic oxidation sites excluding steroid dienone is 3. The number of ketones is 1. The SMILES string of the molecule is CC(=O)OCC=C(C)C(=O)CC=C(C)C. The Morgan fingerprint density at radius 1 is 1.07 bits per heavy atom. The predicted molar refractivity (Wildman–Crippen MR) is 59.4 cm³/mol. The van der Waals surface area contributed by atoms with E-state index in [1.807, 2.05) is 19.9 Å². The van der Waals surface area contributed by atoms with Gasteiger partial charge >= 0.3 is 5.97 Å². The van der Waals surface area contributed by atoms with Gasteiger partial charge in [0.1, 0.15) is 6.61 Å². The van der Waals surface area contributed by atoms with Gasteiger partial charge in [-0.15, -0.1) is 0 Å². The van der Waals surface area contributed by atoms with Crippen molar-refractivity contribution in [2.75, 3.05) is 6.61 Å². The first kappa shape index (κ1) is 13.6. The van der Waals surface area contributed by atoms with Gasteiger partial charge in [-0.05, 0) is 32.4 Å². The zero-order chi connectivity index (χ0) is 11.8. The Morgan fingerprint density at radius 2 is 1.67 bits per heavy atom. The van der Waals surface area contributed by atoms with Gasteiger partial charge in [-0.2, -0.15) is 0 Å². The van der Waals surface area contributed by atoms with Gasteiger partial charge < -0.3 is 4.74 Å². The highest BCUT2D eigenvalue weighted by Gasteiger charge is 2.01. The molecule has 0 heterocycles. The fourth-order valence-corrected chi connectivity index (χ4v) is 0.856. The van der Waals surface area contributed by atoms with E-state index < -0.39 is 0 Å². The topological polar surface area (TPSA) is 43.4 Å². The number of rotatable bonds is 5. The van der Waals surface area contributed by atoms with Crippen molar-refractivity contribution < 1.29 is 14.3 Å². The van der Waals surface area contributed by atoms with Gasteiger partial charge in [0.2, 0.25) is 0 Å². The van der Waals surface area contributed by atoms with E-state index in [9.17, 15) is 9.59 Å². The molecule has 0 aromatic rings. The molecule has 0 aromatic heterocycles. The standard InChI is InChI=1S/C12H18O3/c1-9(2)5-6-12(14)10(3)7-8-15-11(4)13/h5,7H,6,8H2,1-4H3. The van der Waals surface area contributed by atoms with Crippen LogP contribution >= 0.6 is 0 Å². The summed E-state index contributed by atoms with van der Waals surface area (Å²) in [5.74, 6) is -0.279. The third-order valence-corrected chi connectivity index (χ3v) is 1.81. The number of carbonyl (C=O) groups is 2. The summed E-state index contributed by atoms with van der Waals surface area (Å²) in [6.45, 7) is 7.14. The molecular formula is C12H18O3. The second-order valence-corrected chi connectivity index (χ2v) is 3.60. The number of Topliss-reactive ketones (excluding diaryl/α,β-unsaturated/α-hetero) is 1. The molecule has 3 heteroatoms. The van der Waals surface area contributed by atoms with Crippen LogP contribution in [0.2, 0.25) is 0 Å². The molecule has 0 atom stereocenters. The van der Waals surface area contributed by atoms with Crippen LogP contribution in [-0.2, 0) is 14.3 Å². The van der Waals surface area contributed by atoms with E-state index in [1.165, 1.54) is 6.92 Å². The van der Waals surface area contributed by atoms with Crippen molar-refractivity contribution in [2.24, 2.45) is 0 Å². The summed E-state index contributed by atoms with van der Waals surface area (Å²) >= 11 is 0. The maximum Gasteiger partial charge on any atom is 0.302 e. The van der Waals surface area contributed by atoms with E-state index >= 15 is 0 Å². The van der Waals surface area contributed by atoms with Gasteiger partial charge in [0.15, 0.2) is 5.78 Å². The maximum atomic E-state index is 11.5. The predicted octanol–water partition coefficient (Wildman–Crippen LogP) is 2.42. The van der Waals surface area contributed by atoms with Crippen LogP contribution in [0.25, 0.3) is 0 Å². The molecule has 0 saturated heterocycles. The lowest BCUT2D eigenvalue weighted by atomic mass is 10.1. The molecule has 0 rings (SSSR count). The Morgan fingerprint density at radius 3 is 2.13 bits per heavy atom. The molecule has 0 aliphatic carbocycles. The molecule has 0 aliphatic heterocycles. The van der Waals surface area contributed by atoms with Crippen LogP contribution < -0.4 is 0 Å². The quantitative estimate of drug-likeness (QED) is 0.397. The molecule has 84 valence electrons. The van der Waals surface area contributed by atoms with Crippen LogP contribution in [0.5, 0.6) is 0 Å². The Kier molecular flexibility index (Phi) is 6.34. The van der Waals surface area contributed by atoms with E-state index in [0.29, 0.717) is 12.0 Å². The molecule has 0 saturated carbocycles. The molecule has 0 spiro atoms. The van der Waals surface area contributed by atoms with Crippen molar-refractivity contribution >= 4 is 11.8 Å². The van der Waals surface area contributed by atoms with Crippen LogP contribution in [0.1, 0.15) is 34.1 Å². The lowest BCUT2D eigenvalue weighted by Gasteiger charge is -1.99. The van der Waals surface area contributed by atoms with Crippen LogP contribution in [-0.4, -0.2) is 18.4 Å². The summed E-state index contributed by atoms with van der Waals surface area (Å²) < 4.78 is 4.71. The molecule has 0 unspecified atom stereocenters. The summed E-state index contributed by atoms with van der Waals surface area (Å²) in [7, 11) is 0. The van der Waals surface area contributed by atoms with Crippen LogP contribution in [0.4, 0.5) is 0 Å². The first-order valence-electron chi connectivity index (χ1n) is 4.90. The molecule has 3 nitrogen and oxygen atoms in total. The Hall–Kier alpha value is -1.38. The van der Waals surface area contributed by atoms with Crippen molar-refractivity contribution in [1.82, 2.24) is 0 Å². The highest BCUT2D eigenvalue weighted by Crippen LogP contribution is 2.02. The van der Waals surface area contributed by atoms with E-state index in [2.05, 4.69) is 0 Å². The fourth-order valence-electron chi connectivity index (χ4n) is 0.856. The van der Waals surface area contributed by atoms with Gasteiger partial charge in [-0.3, -0.25) is 9.59 Å². The third kappa shape index (κ3) is 7.67. The minimum atomic E-state index is -0.337. The highest BCUT2D eigenvalue weighted by molar-refractivity contribution is 5.95. The molecule has 0 fully saturated rings. The summed E-state index contributed by atoms with van der Waals surface area (Å²) in [5.41, 5.74) is 1.75. The second kappa shape index (κ2) is 6.98. The molecule has 0 bridgehead atoms. The van der Waals surface area contributed by atoms with E-state index in [-0.39, 0.29) is 18.4 Å². The zero-order valence-electron chi connectivity index (χ0n) is 9.79. The Bertz CT molecular complexity index is 294. The lowest BCUT2D eigenvalue weighted by Crippen LogP contribution is -2.02. The minimum Gasteiger partial charge on any atom is -0.462 e.